The molecule has 31 heavy (non-hydrogen) atoms. The molecule has 0 aliphatic heterocycles. The third kappa shape index (κ3) is 5.48. The van der Waals surface area contributed by atoms with Gasteiger partial charge in [0.2, 0.25) is 0 Å². The fraction of sp³-hybridized carbons (Fsp3) is 0.0769. The van der Waals surface area contributed by atoms with Crippen molar-refractivity contribution in [3.05, 3.63) is 108 Å². The number of rotatable bonds is 8. The SMILES string of the molecule is O=C(O)C=Cc1ccccc1OCc1cccc(OCc2ccc3ccccc3n2)c1. The minimum absolute atomic E-state index is 0.337. The zero-order valence-electron chi connectivity index (χ0n) is 16.8. The standard InChI is InChI=1S/C26H21NO4/c28-26(29)15-13-21-8-2-4-11-25(21)31-17-19-6-5-9-23(16-19)30-18-22-14-12-20-7-1-3-10-24(20)27-22/h1-16H,17-18H2,(H,28,29). The van der Waals surface area contributed by atoms with Crippen molar-refractivity contribution in [1.82, 2.24) is 4.98 Å². The van der Waals surface area contributed by atoms with Gasteiger partial charge in [0.15, 0.2) is 0 Å². The van der Waals surface area contributed by atoms with E-state index in [0.29, 0.717) is 24.5 Å². The molecule has 1 N–H and O–H groups in total. The molecule has 4 rings (SSSR count). The third-order valence-corrected chi connectivity index (χ3v) is 4.66. The fourth-order valence-corrected chi connectivity index (χ4v) is 3.14. The molecule has 0 saturated heterocycles. The van der Waals surface area contributed by atoms with Crippen molar-refractivity contribution in [2.45, 2.75) is 13.2 Å². The second-order valence-corrected chi connectivity index (χ2v) is 6.93. The summed E-state index contributed by atoms with van der Waals surface area (Å²) in [5, 5.41) is 9.94. The molecule has 5 heteroatoms. The molecular weight excluding hydrogens is 390 g/mol. The number of para-hydroxylation sites is 2. The number of ether oxygens (including phenoxy) is 2. The highest BCUT2D eigenvalue weighted by Crippen LogP contribution is 2.22. The molecule has 0 bridgehead atoms. The molecule has 0 aliphatic carbocycles. The van der Waals surface area contributed by atoms with Crippen LogP contribution in [0.4, 0.5) is 0 Å². The number of carbonyl (C=O) groups is 1. The van der Waals surface area contributed by atoms with Crippen LogP contribution in [0, 0.1) is 0 Å². The number of aromatic nitrogens is 1. The van der Waals surface area contributed by atoms with Gasteiger partial charge in [-0.3, -0.25) is 0 Å². The zero-order valence-corrected chi connectivity index (χ0v) is 16.8. The van der Waals surface area contributed by atoms with E-state index in [2.05, 4.69) is 4.98 Å². The first-order valence-corrected chi connectivity index (χ1v) is 9.87. The number of carboxylic acid groups (broad SMARTS) is 1. The van der Waals surface area contributed by atoms with Gasteiger partial charge in [-0.1, -0.05) is 54.6 Å². The Kier molecular flexibility index (Phi) is 6.24. The molecule has 154 valence electrons. The predicted molar refractivity (Wildman–Crippen MR) is 120 cm³/mol. The van der Waals surface area contributed by atoms with Crippen LogP contribution < -0.4 is 9.47 Å². The molecule has 0 saturated carbocycles. The van der Waals surface area contributed by atoms with Crippen molar-refractivity contribution < 1.29 is 19.4 Å². The predicted octanol–water partition coefficient (Wildman–Crippen LogP) is 5.49. The topological polar surface area (TPSA) is 68.7 Å². The average molecular weight is 411 g/mol. The smallest absolute Gasteiger partial charge is 0.328 e. The Morgan fingerprint density at radius 2 is 1.71 bits per heavy atom. The van der Waals surface area contributed by atoms with Gasteiger partial charge >= 0.3 is 5.97 Å². The summed E-state index contributed by atoms with van der Waals surface area (Å²) < 4.78 is 11.8. The van der Waals surface area contributed by atoms with Crippen LogP contribution in [0.2, 0.25) is 0 Å². The Labute approximate surface area is 180 Å². The van der Waals surface area contributed by atoms with Gasteiger partial charge in [-0.15, -0.1) is 0 Å². The minimum Gasteiger partial charge on any atom is -0.488 e. The number of carboxylic acids is 1. The maximum atomic E-state index is 10.8. The van der Waals surface area contributed by atoms with E-state index in [1.807, 2.05) is 84.9 Å². The van der Waals surface area contributed by atoms with Crippen molar-refractivity contribution in [2.24, 2.45) is 0 Å². The summed E-state index contributed by atoms with van der Waals surface area (Å²) in [6.07, 6.45) is 2.62. The van der Waals surface area contributed by atoms with Crippen molar-refractivity contribution in [2.75, 3.05) is 0 Å². The molecular formula is C26H21NO4. The lowest BCUT2D eigenvalue weighted by atomic mass is 10.2. The number of hydrogen-bond donors (Lipinski definition) is 1. The summed E-state index contributed by atoms with van der Waals surface area (Å²) in [6, 6.07) is 27.0. The Bertz CT molecular complexity index is 1230. The van der Waals surface area contributed by atoms with Gasteiger partial charge in [0.25, 0.3) is 0 Å². The lowest BCUT2D eigenvalue weighted by Gasteiger charge is -2.11. The molecule has 0 aliphatic rings. The molecule has 1 aromatic heterocycles. The summed E-state index contributed by atoms with van der Waals surface area (Å²) in [5.41, 5.74) is 3.46. The van der Waals surface area contributed by atoms with Gasteiger partial charge in [0, 0.05) is 17.0 Å². The number of pyridine rings is 1. The second-order valence-electron chi connectivity index (χ2n) is 6.93. The fourth-order valence-electron chi connectivity index (χ4n) is 3.14. The van der Waals surface area contributed by atoms with Crippen LogP contribution in [0.3, 0.4) is 0 Å². The van der Waals surface area contributed by atoms with Gasteiger partial charge in [-0.05, 0) is 42.0 Å². The van der Waals surface area contributed by atoms with Crippen molar-refractivity contribution in [3.8, 4) is 11.5 Å². The van der Waals surface area contributed by atoms with E-state index in [-0.39, 0.29) is 0 Å². The molecule has 0 amide bonds. The van der Waals surface area contributed by atoms with E-state index in [9.17, 15) is 4.79 Å². The Morgan fingerprint density at radius 1 is 0.871 bits per heavy atom. The quantitative estimate of drug-likeness (QED) is 0.388. The molecule has 0 spiro atoms. The summed E-state index contributed by atoms with van der Waals surface area (Å²) in [5.74, 6) is 0.349. The lowest BCUT2D eigenvalue weighted by Crippen LogP contribution is -2.00. The number of fused-ring (bicyclic) bond motifs is 1. The van der Waals surface area contributed by atoms with E-state index in [1.165, 1.54) is 6.08 Å². The van der Waals surface area contributed by atoms with Gasteiger partial charge < -0.3 is 14.6 Å². The highest BCUT2D eigenvalue weighted by atomic mass is 16.5. The van der Waals surface area contributed by atoms with Crippen molar-refractivity contribution in [1.29, 1.82) is 0 Å². The summed E-state index contributed by atoms with van der Waals surface area (Å²) >= 11 is 0. The Morgan fingerprint density at radius 3 is 2.61 bits per heavy atom. The van der Waals surface area contributed by atoms with E-state index >= 15 is 0 Å². The summed E-state index contributed by atoms with van der Waals surface area (Å²) in [6.45, 7) is 0.710. The number of hydrogen-bond acceptors (Lipinski definition) is 4. The normalized spacial score (nSPS) is 11.0. The van der Waals surface area contributed by atoms with Gasteiger partial charge in [0.1, 0.15) is 24.7 Å². The first-order chi connectivity index (χ1) is 15.2. The van der Waals surface area contributed by atoms with Crippen LogP contribution in [0.1, 0.15) is 16.8 Å². The summed E-state index contributed by atoms with van der Waals surface area (Å²) in [4.78, 5) is 15.4. The molecule has 0 radical (unpaired) electrons. The third-order valence-electron chi connectivity index (χ3n) is 4.66. The molecule has 0 fully saturated rings. The van der Waals surface area contributed by atoms with Crippen molar-refractivity contribution in [3.63, 3.8) is 0 Å². The van der Waals surface area contributed by atoms with Crippen LogP contribution in [-0.2, 0) is 18.0 Å². The van der Waals surface area contributed by atoms with Crippen LogP contribution in [-0.4, -0.2) is 16.1 Å². The molecule has 0 atom stereocenters. The highest BCUT2D eigenvalue weighted by Gasteiger charge is 2.04. The van der Waals surface area contributed by atoms with E-state index in [1.54, 1.807) is 0 Å². The van der Waals surface area contributed by atoms with Crippen molar-refractivity contribution >= 4 is 22.9 Å². The average Bonchev–Trinajstić information content (AvgIpc) is 2.80. The van der Waals surface area contributed by atoms with E-state index < -0.39 is 5.97 Å². The van der Waals surface area contributed by atoms with Crippen LogP contribution in [0.25, 0.3) is 17.0 Å². The number of aliphatic carboxylic acids is 1. The molecule has 5 nitrogen and oxygen atoms in total. The zero-order chi connectivity index (χ0) is 21.5. The molecule has 0 unspecified atom stereocenters. The van der Waals surface area contributed by atoms with Gasteiger partial charge in [0.05, 0.1) is 11.2 Å². The number of benzene rings is 3. The van der Waals surface area contributed by atoms with E-state index in [4.69, 9.17) is 14.6 Å². The monoisotopic (exact) mass is 411 g/mol. The molecule has 3 aromatic carbocycles. The largest absolute Gasteiger partial charge is 0.488 e. The highest BCUT2D eigenvalue weighted by molar-refractivity contribution is 5.85. The summed E-state index contributed by atoms with van der Waals surface area (Å²) in [7, 11) is 0. The lowest BCUT2D eigenvalue weighted by molar-refractivity contribution is -0.131. The molecule has 1 heterocycles. The maximum Gasteiger partial charge on any atom is 0.328 e. The second kappa shape index (κ2) is 9.59. The Hall–Kier alpha value is -4.12. The first-order valence-electron chi connectivity index (χ1n) is 9.87. The molecule has 4 aromatic rings. The van der Waals surface area contributed by atoms with Gasteiger partial charge in [-0.2, -0.15) is 0 Å². The van der Waals surface area contributed by atoms with Crippen LogP contribution in [0.15, 0.2) is 91.0 Å². The Balaban J connectivity index is 1.40. The first kappa shape index (κ1) is 20.2. The maximum absolute atomic E-state index is 10.8. The van der Waals surface area contributed by atoms with Gasteiger partial charge in [-0.25, -0.2) is 9.78 Å². The van der Waals surface area contributed by atoms with E-state index in [0.717, 1.165) is 34.0 Å². The van der Waals surface area contributed by atoms with Crippen LogP contribution in [0.5, 0.6) is 11.5 Å². The number of nitrogens with zero attached hydrogens (tertiary/aromatic N) is 1. The van der Waals surface area contributed by atoms with Crippen LogP contribution >= 0.6 is 0 Å². The minimum atomic E-state index is -0.999.